The van der Waals surface area contributed by atoms with Crippen LogP contribution in [0.25, 0.3) is 6.08 Å². The zero-order chi connectivity index (χ0) is 10.5. The summed E-state index contributed by atoms with van der Waals surface area (Å²) in [6.07, 6.45) is 6.40. The normalized spacial score (nSPS) is 15.5. The van der Waals surface area contributed by atoms with Gasteiger partial charge in [-0.2, -0.15) is 0 Å². The monoisotopic (exact) mass is 202 g/mol. The van der Waals surface area contributed by atoms with Gasteiger partial charge in [-0.1, -0.05) is 30.4 Å². The molecule has 1 heterocycles. The van der Waals surface area contributed by atoms with E-state index in [9.17, 15) is 0 Å². The van der Waals surface area contributed by atoms with Crippen molar-refractivity contribution in [3.8, 4) is 0 Å². The second-order valence-electron chi connectivity index (χ2n) is 3.93. The molecule has 1 aliphatic rings. The molecule has 0 saturated carbocycles. The number of nitrogens with two attached hydrogens (primary N) is 1. The van der Waals surface area contributed by atoms with Crippen LogP contribution in [0.4, 0.5) is 0 Å². The average Bonchev–Trinajstić information content (AvgIpc) is 2.29. The summed E-state index contributed by atoms with van der Waals surface area (Å²) < 4.78 is 0. The Hall–Kier alpha value is -1.12. The standard InChI is InChI=1S/C13H18N2/c14-7-2-1-3-11-4-5-12-6-8-15-10-13(12)9-11/h1,3-5,9,15H,2,6-8,10,14H2. The molecule has 2 heteroatoms. The third-order valence-electron chi connectivity index (χ3n) is 2.76. The summed E-state index contributed by atoms with van der Waals surface area (Å²) in [5, 5.41) is 3.39. The van der Waals surface area contributed by atoms with Crippen LogP contribution in [-0.4, -0.2) is 13.1 Å². The van der Waals surface area contributed by atoms with Gasteiger partial charge >= 0.3 is 0 Å². The smallest absolute Gasteiger partial charge is 0.0208 e. The molecule has 1 aromatic carbocycles. The molecule has 0 unspecified atom stereocenters. The van der Waals surface area contributed by atoms with Crippen molar-refractivity contribution in [2.24, 2.45) is 5.73 Å². The molecule has 3 N–H and O–H groups in total. The van der Waals surface area contributed by atoms with Crippen LogP contribution in [0, 0.1) is 0 Å². The highest BCUT2D eigenvalue weighted by molar-refractivity contribution is 5.52. The Morgan fingerprint density at radius 1 is 1.33 bits per heavy atom. The fourth-order valence-corrected chi connectivity index (χ4v) is 1.92. The molecule has 0 fully saturated rings. The Balaban J connectivity index is 2.13. The molecule has 0 saturated heterocycles. The lowest BCUT2D eigenvalue weighted by Gasteiger charge is -2.17. The van der Waals surface area contributed by atoms with Crippen molar-refractivity contribution in [1.29, 1.82) is 0 Å². The molecule has 2 rings (SSSR count). The predicted molar refractivity (Wildman–Crippen MR) is 64.6 cm³/mol. The first-order valence-electron chi connectivity index (χ1n) is 5.59. The third kappa shape index (κ3) is 2.67. The maximum atomic E-state index is 5.44. The highest BCUT2D eigenvalue weighted by atomic mass is 14.9. The van der Waals surface area contributed by atoms with Gasteiger partial charge in [0, 0.05) is 6.54 Å². The lowest BCUT2D eigenvalue weighted by molar-refractivity contribution is 0.643. The predicted octanol–water partition coefficient (Wildman–Crippen LogP) is 1.69. The van der Waals surface area contributed by atoms with Crippen LogP contribution < -0.4 is 11.1 Å². The Bertz CT molecular complexity index is 356. The maximum Gasteiger partial charge on any atom is 0.0208 e. The summed E-state index contributed by atoms with van der Waals surface area (Å²) in [6.45, 7) is 2.84. The minimum Gasteiger partial charge on any atom is -0.330 e. The summed E-state index contributed by atoms with van der Waals surface area (Å²) in [7, 11) is 0. The van der Waals surface area contributed by atoms with Gasteiger partial charge in [0.05, 0.1) is 0 Å². The molecule has 2 nitrogen and oxygen atoms in total. The Morgan fingerprint density at radius 2 is 2.27 bits per heavy atom. The number of rotatable bonds is 3. The second kappa shape index (κ2) is 5.10. The summed E-state index contributed by atoms with van der Waals surface area (Å²) in [4.78, 5) is 0. The van der Waals surface area contributed by atoms with Gasteiger partial charge in [-0.05, 0) is 42.6 Å². The Morgan fingerprint density at radius 3 is 3.13 bits per heavy atom. The molecule has 0 radical (unpaired) electrons. The summed E-state index contributed by atoms with van der Waals surface area (Å²) in [5.74, 6) is 0. The molecule has 1 aliphatic heterocycles. The van der Waals surface area contributed by atoms with E-state index >= 15 is 0 Å². The molecule has 0 aromatic heterocycles. The molecule has 80 valence electrons. The lowest BCUT2D eigenvalue weighted by Crippen LogP contribution is -2.23. The van der Waals surface area contributed by atoms with Crippen molar-refractivity contribution in [2.75, 3.05) is 13.1 Å². The lowest BCUT2D eigenvalue weighted by atomic mass is 9.98. The van der Waals surface area contributed by atoms with Crippen molar-refractivity contribution in [1.82, 2.24) is 5.32 Å². The largest absolute Gasteiger partial charge is 0.330 e. The minimum atomic E-state index is 0.725. The van der Waals surface area contributed by atoms with E-state index in [4.69, 9.17) is 5.73 Å². The number of fused-ring (bicyclic) bond motifs is 1. The van der Waals surface area contributed by atoms with E-state index in [-0.39, 0.29) is 0 Å². The van der Waals surface area contributed by atoms with Crippen LogP contribution >= 0.6 is 0 Å². The van der Waals surface area contributed by atoms with E-state index in [1.807, 2.05) is 0 Å². The zero-order valence-electron chi connectivity index (χ0n) is 9.00. The van der Waals surface area contributed by atoms with Gasteiger partial charge in [-0.25, -0.2) is 0 Å². The molecule has 0 bridgehead atoms. The van der Waals surface area contributed by atoms with Crippen LogP contribution in [0.3, 0.4) is 0 Å². The highest BCUT2D eigenvalue weighted by Gasteiger charge is 2.07. The molecule has 0 spiro atoms. The zero-order valence-corrected chi connectivity index (χ0v) is 9.00. The molecule has 0 amide bonds. The number of benzene rings is 1. The topological polar surface area (TPSA) is 38.0 Å². The van der Waals surface area contributed by atoms with Crippen LogP contribution in [0.15, 0.2) is 24.3 Å². The minimum absolute atomic E-state index is 0.725. The van der Waals surface area contributed by atoms with Gasteiger partial charge in [-0.15, -0.1) is 0 Å². The van der Waals surface area contributed by atoms with Crippen LogP contribution in [0.1, 0.15) is 23.1 Å². The van der Waals surface area contributed by atoms with Crippen molar-refractivity contribution in [2.45, 2.75) is 19.4 Å². The van der Waals surface area contributed by atoms with Gasteiger partial charge < -0.3 is 11.1 Å². The van der Waals surface area contributed by atoms with Crippen molar-refractivity contribution < 1.29 is 0 Å². The Labute approximate surface area is 91.2 Å². The van der Waals surface area contributed by atoms with Crippen LogP contribution in [0.2, 0.25) is 0 Å². The number of nitrogens with one attached hydrogen (secondary N) is 1. The quantitative estimate of drug-likeness (QED) is 0.783. The van der Waals surface area contributed by atoms with Crippen LogP contribution in [0.5, 0.6) is 0 Å². The van der Waals surface area contributed by atoms with Crippen LogP contribution in [-0.2, 0) is 13.0 Å². The summed E-state index contributed by atoms with van der Waals surface area (Å²) in [5.41, 5.74) is 9.66. The van der Waals surface area contributed by atoms with E-state index in [2.05, 4.69) is 35.7 Å². The number of hydrogen-bond acceptors (Lipinski definition) is 2. The Kier molecular flexibility index (Phi) is 3.54. The third-order valence-corrected chi connectivity index (χ3v) is 2.76. The average molecular weight is 202 g/mol. The van der Waals surface area contributed by atoms with Crippen molar-refractivity contribution in [3.05, 3.63) is 41.0 Å². The molecule has 15 heavy (non-hydrogen) atoms. The molecular weight excluding hydrogens is 184 g/mol. The van der Waals surface area contributed by atoms with Gasteiger partial charge in [0.1, 0.15) is 0 Å². The van der Waals surface area contributed by atoms with Gasteiger partial charge in [0.2, 0.25) is 0 Å². The molecule has 0 atom stereocenters. The fourth-order valence-electron chi connectivity index (χ4n) is 1.92. The fraction of sp³-hybridized carbons (Fsp3) is 0.385. The van der Waals surface area contributed by atoms with Gasteiger partial charge in [0.15, 0.2) is 0 Å². The second-order valence-corrected chi connectivity index (χ2v) is 3.93. The van der Waals surface area contributed by atoms with Crippen molar-refractivity contribution in [3.63, 3.8) is 0 Å². The van der Waals surface area contributed by atoms with Crippen molar-refractivity contribution >= 4 is 6.08 Å². The first-order chi connectivity index (χ1) is 7.40. The molecular formula is C13H18N2. The highest BCUT2D eigenvalue weighted by Crippen LogP contribution is 2.16. The SMILES string of the molecule is NCCC=Cc1ccc2c(c1)CNCC2. The molecule has 0 aliphatic carbocycles. The molecule has 1 aromatic rings. The van der Waals surface area contributed by atoms with E-state index in [0.29, 0.717) is 0 Å². The summed E-state index contributed by atoms with van der Waals surface area (Å²) in [6, 6.07) is 6.71. The maximum absolute atomic E-state index is 5.44. The first kappa shape index (κ1) is 10.4. The van der Waals surface area contributed by atoms with E-state index in [0.717, 1.165) is 32.5 Å². The van der Waals surface area contributed by atoms with Gasteiger partial charge in [-0.3, -0.25) is 0 Å². The van der Waals surface area contributed by atoms with Gasteiger partial charge in [0.25, 0.3) is 0 Å². The van der Waals surface area contributed by atoms with E-state index < -0.39 is 0 Å². The van der Waals surface area contributed by atoms with E-state index in [1.54, 1.807) is 0 Å². The summed E-state index contributed by atoms with van der Waals surface area (Å²) >= 11 is 0. The van der Waals surface area contributed by atoms with E-state index in [1.165, 1.54) is 16.7 Å². The first-order valence-corrected chi connectivity index (χ1v) is 5.59. The number of hydrogen-bond donors (Lipinski definition) is 2.